The molecule has 0 aromatic heterocycles. The molecule has 8 heteroatoms. The molecule has 2 N–H and O–H groups in total. The van der Waals surface area contributed by atoms with Gasteiger partial charge in [-0.15, -0.1) is 0 Å². The number of rotatable bonds is 7. The van der Waals surface area contributed by atoms with Crippen molar-refractivity contribution in [3.63, 3.8) is 0 Å². The minimum atomic E-state index is -1.17. The predicted octanol–water partition coefficient (Wildman–Crippen LogP) is 2.52. The van der Waals surface area contributed by atoms with Crippen molar-refractivity contribution >= 4 is 17.7 Å². The van der Waals surface area contributed by atoms with E-state index in [2.05, 4.69) is 5.32 Å². The number of aliphatic carboxylic acids is 1. The van der Waals surface area contributed by atoms with Gasteiger partial charge in [0.25, 0.3) is 5.69 Å². The Morgan fingerprint density at radius 3 is 2.28 bits per heavy atom. The first-order chi connectivity index (χ1) is 12.0. The van der Waals surface area contributed by atoms with Crippen LogP contribution in [-0.2, 0) is 22.6 Å². The summed E-state index contributed by atoms with van der Waals surface area (Å²) in [6.07, 6.45) is -0.746. The van der Waals surface area contributed by atoms with Crippen LogP contribution in [-0.4, -0.2) is 28.1 Å². The minimum absolute atomic E-state index is 0.0676. The van der Waals surface area contributed by atoms with Gasteiger partial charge in [-0.3, -0.25) is 10.1 Å². The SMILES string of the molecule is O=C(N[C@H](Cc1ccccc1)C(=O)O)OCc1ccc([N+](=O)[O-])cc1. The highest BCUT2D eigenvalue weighted by molar-refractivity contribution is 5.80. The number of carboxylic acid groups (broad SMARTS) is 1. The molecule has 0 fully saturated rings. The van der Waals surface area contributed by atoms with Crippen LogP contribution < -0.4 is 5.32 Å². The number of benzene rings is 2. The number of non-ortho nitro benzene ring substituents is 1. The van der Waals surface area contributed by atoms with Gasteiger partial charge in [0.05, 0.1) is 4.92 Å². The van der Waals surface area contributed by atoms with Crippen LogP contribution in [0.25, 0.3) is 0 Å². The van der Waals surface area contributed by atoms with Crippen molar-refractivity contribution in [2.75, 3.05) is 0 Å². The molecule has 8 nitrogen and oxygen atoms in total. The first-order valence-corrected chi connectivity index (χ1v) is 7.39. The van der Waals surface area contributed by atoms with Gasteiger partial charge in [0.15, 0.2) is 0 Å². The van der Waals surface area contributed by atoms with E-state index in [9.17, 15) is 24.8 Å². The Morgan fingerprint density at radius 2 is 1.72 bits per heavy atom. The van der Waals surface area contributed by atoms with Crippen molar-refractivity contribution in [3.05, 3.63) is 75.8 Å². The first kappa shape index (κ1) is 17.9. The lowest BCUT2D eigenvalue weighted by atomic mass is 10.1. The third kappa shape index (κ3) is 5.61. The van der Waals surface area contributed by atoms with Crippen molar-refractivity contribution < 1.29 is 24.4 Å². The number of carbonyl (C=O) groups excluding carboxylic acids is 1. The van der Waals surface area contributed by atoms with Gasteiger partial charge >= 0.3 is 12.1 Å². The molecule has 130 valence electrons. The van der Waals surface area contributed by atoms with Crippen molar-refractivity contribution in [2.24, 2.45) is 0 Å². The number of alkyl carbamates (subject to hydrolysis) is 1. The van der Waals surface area contributed by atoms with Crippen LogP contribution in [0.2, 0.25) is 0 Å². The van der Waals surface area contributed by atoms with Crippen molar-refractivity contribution in [2.45, 2.75) is 19.1 Å². The zero-order chi connectivity index (χ0) is 18.2. The molecular formula is C17H16N2O6. The van der Waals surface area contributed by atoms with Crippen LogP contribution in [0.4, 0.5) is 10.5 Å². The van der Waals surface area contributed by atoms with Crippen LogP contribution in [0.3, 0.4) is 0 Å². The largest absolute Gasteiger partial charge is 0.480 e. The maximum Gasteiger partial charge on any atom is 0.408 e. The smallest absolute Gasteiger partial charge is 0.408 e. The van der Waals surface area contributed by atoms with Crippen LogP contribution in [0.15, 0.2) is 54.6 Å². The number of ether oxygens (including phenoxy) is 1. The first-order valence-electron chi connectivity index (χ1n) is 7.39. The van der Waals surface area contributed by atoms with E-state index in [4.69, 9.17) is 4.74 Å². The lowest BCUT2D eigenvalue weighted by Gasteiger charge is -2.14. The second kappa shape index (κ2) is 8.44. The zero-order valence-electron chi connectivity index (χ0n) is 13.1. The molecule has 0 aliphatic heterocycles. The van der Waals surface area contributed by atoms with Gasteiger partial charge in [-0.05, 0) is 23.3 Å². The summed E-state index contributed by atoms with van der Waals surface area (Å²) in [5.41, 5.74) is 1.25. The standard InChI is InChI=1S/C17H16N2O6/c20-16(21)15(10-12-4-2-1-3-5-12)18-17(22)25-11-13-6-8-14(9-7-13)19(23)24/h1-9,15H,10-11H2,(H,18,22)(H,20,21)/t15-/m1/s1. The maximum absolute atomic E-state index is 11.8. The highest BCUT2D eigenvalue weighted by Crippen LogP contribution is 2.12. The Bertz CT molecular complexity index is 745. The third-order valence-corrected chi connectivity index (χ3v) is 3.39. The highest BCUT2D eigenvalue weighted by atomic mass is 16.6. The monoisotopic (exact) mass is 344 g/mol. The predicted molar refractivity (Wildman–Crippen MR) is 88.0 cm³/mol. The number of nitrogens with zero attached hydrogens (tertiary/aromatic N) is 1. The van der Waals surface area contributed by atoms with Crippen LogP contribution >= 0.6 is 0 Å². The molecule has 25 heavy (non-hydrogen) atoms. The summed E-state index contributed by atoms with van der Waals surface area (Å²) in [6.45, 7) is -0.124. The second-order valence-corrected chi connectivity index (χ2v) is 5.22. The fourth-order valence-corrected chi connectivity index (χ4v) is 2.10. The minimum Gasteiger partial charge on any atom is -0.480 e. The summed E-state index contributed by atoms with van der Waals surface area (Å²) in [5, 5.41) is 22.1. The Hall–Kier alpha value is -3.42. The summed E-state index contributed by atoms with van der Waals surface area (Å²) < 4.78 is 4.96. The fourth-order valence-electron chi connectivity index (χ4n) is 2.10. The fraction of sp³-hybridized carbons (Fsp3) is 0.176. The van der Waals surface area contributed by atoms with E-state index in [0.717, 1.165) is 5.56 Å². The van der Waals surface area contributed by atoms with Gasteiger partial charge in [-0.25, -0.2) is 9.59 Å². The molecule has 0 saturated heterocycles. The van der Waals surface area contributed by atoms with E-state index >= 15 is 0 Å². The maximum atomic E-state index is 11.8. The Labute approximate surface area is 143 Å². The van der Waals surface area contributed by atoms with Gasteiger partial charge in [-0.1, -0.05) is 30.3 Å². The molecule has 1 amide bonds. The number of nitro benzene ring substituents is 1. The van der Waals surface area contributed by atoms with Gasteiger partial charge in [-0.2, -0.15) is 0 Å². The summed E-state index contributed by atoms with van der Waals surface area (Å²) >= 11 is 0. The quantitative estimate of drug-likeness (QED) is 0.588. The molecule has 0 heterocycles. The van der Waals surface area contributed by atoms with E-state index in [-0.39, 0.29) is 18.7 Å². The van der Waals surface area contributed by atoms with Gasteiger partial charge < -0.3 is 15.2 Å². The van der Waals surface area contributed by atoms with Crippen LogP contribution in [0, 0.1) is 10.1 Å². The molecule has 2 aromatic carbocycles. The molecule has 0 saturated carbocycles. The molecule has 1 atom stereocenters. The molecule has 0 unspecified atom stereocenters. The molecule has 2 aromatic rings. The highest BCUT2D eigenvalue weighted by Gasteiger charge is 2.21. The number of nitro groups is 1. The summed E-state index contributed by atoms with van der Waals surface area (Å²) in [4.78, 5) is 33.1. The van der Waals surface area contributed by atoms with E-state index in [1.54, 1.807) is 24.3 Å². The molecule has 0 spiro atoms. The lowest BCUT2D eigenvalue weighted by molar-refractivity contribution is -0.384. The number of nitrogens with one attached hydrogen (secondary N) is 1. The molecule has 0 aliphatic carbocycles. The average molecular weight is 344 g/mol. The van der Waals surface area contributed by atoms with Gasteiger partial charge in [0, 0.05) is 18.6 Å². The van der Waals surface area contributed by atoms with Crippen molar-refractivity contribution in [1.29, 1.82) is 0 Å². The van der Waals surface area contributed by atoms with E-state index in [1.807, 2.05) is 6.07 Å². The number of carbonyl (C=O) groups is 2. The number of hydrogen-bond acceptors (Lipinski definition) is 5. The molecule has 0 aliphatic rings. The normalized spacial score (nSPS) is 11.4. The van der Waals surface area contributed by atoms with Crippen molar-refractivity contribution in [3.8, 4) is 0 Å². The number of carboxylic acids is 1. The Balaban J connectivity index is 1.88. The van der Waals surface area contributed by atoms with Gasteiger partial charge in [0.2, 0.25) is 0 Å². The topological polar surface area (TPSA) is 119 Å². The molecular weight excluding hydrogens is 328 g/mol. The number of amides is 1. The molecule has 0 radical (unpaired) electrons. The van der Waals surface area contributed by atoms with Gasteiger partial charge in [0.1, 0.15) is 12.6 Å². The van der Waals surface area contributed by atoms with Crippen LogP contribution in [0.5, 0.6) is 0 Å². The Kier molecular flexibility index (Phi) is 6.05. The zero-order valence-corrected chi connectivity index (χ0v) is 13.1. The van der Waals surface area contributed by atoms with E-state index in [0.29, 0.717) is 5.56 Å². The second-order valence-electron chi connectivity index (χ2n) is 5.22. The summed E-state index contributed by atoms with van der Waals surface area (Å²) in [6, 6.07) is 13.3. The Morgan fingerprint density at radius 1 is 1.08 bits per heavy atom. The van der Waals surface area contributed by atoms with Crippen molar-refractivity contribution in [1.82, 2.24) is 5.32 Å². The van der Waals surface area contributed by atoms with Crippen LogP contribution in [0.1, 0.15) is 11.1 Å². The summed E-state index contributed by atoms with van der Waals surface area (Å²) in [5.74, 6) is -1.17. The lowest BCUT2D eigenvalue weighted by Crippen LogP contribution is -2.42. The van der Waals surface area contributed by atoms with E-state index < -0.39 is 23.0 Å². The summed E-state index contributed by atoms with van der Waals surface area (Å²) in [7, 11) is 0. The molecule has 2 rings (SSSR count). The van der Waals surface area contributed by atoms with E-state index in [1.165, 1.54) is 24.3 Å². The average Bonchev–Trinajstić information content (AvgIpc) is 2.60. The molecule has 0 bridgehead atoms. The third-order valence-electron chi connectivity index (χ3n) is 3.39. The number of hydrogen-bond donors (Lipinski definition) is 2.